The van der Waals surface area contributed by atoms with Crippen molar-refractivity contribution in [3.8, 4) is 0 Å². The van der Waals surface area contributed by atoms with Crippen LogP contribution < -0.4 is 5.73 Å². The second-order valence-electron chi connectivity index (χ2n) is 4.84. The minimum Gasteiger partial charge on any atom is -0.329 e. The highest BCUT2D eigenvalue weighted by molar-refractivity contribution is 6.34. The second kappa shape index (κ2) is 5.57. The lowest BCUT2D eigenvalue weighted by Gasteiger charge is -2.27. The normalized spacial score (nSPS) is 22.9. The number of likely N-dealkylation sites (tertiary alicyclic amines) is 1. The van der Waals surface area contributed by atoms with E-state index in [0.29, 0.717) is 16.6 Å². The highest BCUT2D eigenvalue weighted by Gasteiger charge is 2.26. The quantitative estimate of drug-likeness (QED) is 0.915. The van der Waals surface area contributed by atoms with E-state index in [2.05, 4.69) is 11.8 Å². The van der Waals surface area contributed by atoms with Gasteiger partial charge in [0.25, 0.3) is 0 Å². The molecular weight excluding hydrogens is 255 g/mol. The molecule has 94 valence electrons. The van der Waals surface area contributed by atoms with Crippen LogP contribution in [0.15, 0.2) is 18.2 Å². The third kappa shape index (κ3) is 3.14. The summed E-state index contributed by atoms with van der Waals surface area (Å²) < 4.78 is 0. The largest absolute Gasteiger partial charge is 0.329 e. The summed E-state index contributed by atoms with van der Waals surface area (Å²) in [4.78, 5) is 2.42. The molecule has 2 atom stereocenters. The SMILES string of the molecule is CC1CCN(C(CN)c2cc(Cl)cc(Cl)c2)C1. The van der Waals surface area contributed by atoms with Crippen LogP contribution in [0.5, 0.6) is 0 Å². The average Bonchev–Trinajstić information content (AvgIpc) is 2.64. The van der Waals surface area contributed by atoms with Crippen LogP contribution in [0, 0.1) is 5.92 Å². The van der Waals surface area contributed by atoms with Crippen molar-refractivity contribution in [2.24, 2.45) is 11.7 Å². The summed E-state index contributed by atoms with van der Waals surface area (Å²) in [6, 6.07) is 5.92. The van der Waals surface area contributed by atoms with Gasteiger partial charge in [0.2, 0.25) is 0 Å². The fourth-order valence-electron chi connectivity index (χ4n) is 2.52. The summed E-state index contributed by atoms with van der Waals surface area (Å²) in [5.74, 6) is 0.749. The van der Waals surface area contributed by atoms with E-state index in [4.69, 9.17) is 28.9 Å². The molecule has 2 nitrogen and oxygen atoms in total. The zero-order chi connectivity index (χ0) is 12.4. The first-order valence-corrected chi connectivity index (χ1v) is 6.76. The molecule has 17 heavy (non-hydrogen) atoms. The van der Waals surface area contributed by atoms with Crippen LogP contribution in [-0.2, 0) is 0 Å². The zero-order valence-electron chi connectivity index (χ0n) is 10.00. The van der Waals surface area contributed by atoms with E-state index < -0.39 is 0 Å². The molecule has 0 bridgehead atoms. The van der Waals surface area contributed by atoms with E-state index in [0.717, 1.165) is 24.6 Å². The Hall–Kier alpha value is -0.280. The molecule has 0 radical (unpaired) electrons. The first kappa shape index (κ1) is 13.2. The van der Waals surface area contributed by atoms with Gasteiger partial charge in [0.15, 0.2) is 0 Å². The molecule has 1 heterocycles. The molecule has 1 fully saturated rings. The summed E-state index contributed by atoms with van der Waals surface area (Å²) in [5.41, 5.74) is 7.03. The highest BCUT2D eigenvalue weighted by atomic mass is 35.5. The van der Waals surface area contributed by atoms with Crippen LogP contribution in [-0.4, -0.2) is 24.5 Å². The molecule has 4 heteroatoms. The van der Waals surface area contributed by atoms with Crippen LogP contribution in [0.1, 0.15) is 24.9 Å². The van der Waals surface area contributed by atoms with E-state index >= 15 is 0 Å². The monoisotopic (exact) mass is 272 g/mol. The Morgan fingerprint density at radius 3 is 2.47 bits per heavy atom. The highest BCUT2D eigenvalue weighted by Crippen LogP contribution is 2.30. The fourth-order valence-corrected chi connectivity index (χ4v) is 3.06. The van der Waals surface area contributed by atoms with Gasteiger partial charge in [-0.25, -0.2) is 0 Å². The summed E-state index contributed by atoms with van der Waals surface area (Å²) in [6.07, 6.45) is 1.24. The molecule has 0 aliphatic carbocycles. The van der Waals surface area contributed by atoms with Crippen molar-refractivity contribution in [2.45, 2.75) is 19.4 Å². The van der Waals surface area contributed by atoms with Gasteiger partial charge in [0, 0.05) is 29.2 Å². The number of hydrogen-bond acceptors (Lipinski definition) is 2. The van der Waals surface area contributed by atoms with Gasteiger partial charge in [-0.15, -0.1) is 0 Å². The predicted octanol–water partition coefficient (Wildman–Crippen LogP) is 3.34. The van der Waals surface area contributed by atoms with Crippen molar-refractivity contribution in [3.63, 3.8) is 0 Å². The van der Waals surface area contributed by atoms with Crippen molar-refractivity contribution in [2.75, 3.05) is 19.6 Å². The van der Waals surface area contributed by atoms with E-state index in [1.807, 2.05) is 12.1 Å². The molecule has 0 aromatic heterocycles. The van der Waals surface area contributed by atoms with Gasteiger partial charge in [-0.2, -0.15) is 0 Å². The van der Waals surface area contributed by atoms with Gasteiger partial charge in [-0.3, -0.25) is 4.90 Å². The lowest BCUT2D eigenvalue weighted by Crippen LogP contribution is -2.31. The Balaban J connectivity index is 2.22. The molecule has 2 unspecified atom stereocenters. The first-order valence-electron chi connectivity index (χ1n) is 6.00. The van der Waals surface area contributed by atoms with E-state index in [1.54, 1.807) is 6.07 Å². The first-order chi connectivity index (χ1) is 8.10. The van der Waals surface area contributed by atoms with Gasteiger partial charge in [-0.1, -0.05) is 30.1 Å². The van der Waals surface area contributed by atoms with E-state index in [9.17, 15) is 0 Å². The van der Waals surface area contributed by atoms with Crippen LogP contribution in [0.2, 0.25) is 10.0 Å². The van der Waals surface area contributed by atoms with E-state index in [-0.39, 0.29) is 6.04 Å². The molecule has 2 N–H and O–H groups in total. The van der Waals surface area contributed by atoms with Crippen LogP contribution in [0.25, 0.3) is 0 Å². The number of rotatable bonds is 3. The maximum absolute atomic E-state index is 6.04. The van der Waals surface area contributed by atoms with E-state index in [1.165, 1.54) is 6.42 Å². The number of halogens is 2. The Morgan fingerprint density at radius 2 is 2.00 bits per heavy atom. The minimum atomic E-state index is 0.233. The summed E-state index contributed by atoms with van der Waals surface area (Å²) >= 11 is 12.1. The van der Waals surface area contributed by atoms with Crippen molar-refractivity contribution in [3.05, 3.63) is 33.8 Å². The van der Waals surface area contributed by atoms with Gasteiger partial charge in [-0.05, 0) is 42.6 Å². The number of benzene rings is 1. The Bertz CT molecular complexity index is 375. The topological polar surface area (TPSA) is 29.3 Å². The summed E-state index contributed by atoms with van der Waals surface area (Å²) in [6.45, 7) is 5.08. The third-order valence-electron chi connectivity index (χ3n) is 3.39. The van der Waals surface area contributed by atoms with Crippen molar-refractivity contribution >= 4 is 23.2 Å². The lowest BCUT2D eigenvalue weighted by atomic mass is 10.1. The number of nitrogens with zero attached hydrogens (tertiary/aromatic N) is 1. The molecule has 0 saturated carbocycles. The van der Waals surface area contributed by atoms with Crippen LogP contribution in [0.4, 0.5) is 0 Å². The lowest BCUT2D eigenvalue weighted by molar-refractivity contribution is 0.244. The summed E-state index contributed by atoms with van der Waals surface area (Å²) in [7, 11) is 0. The average molecular weight is 273 g/mol. The smallest absolute Gasteiger partial charge is 0.0471 e. The molecule has 1 aromatic carbocycles. The van der Waals surface area contributed by atoms with Gasteiger partial charge >= 0.3 is 0 Å². The van der Waals surface area contributed by atoms with Gasteiger partial charge < -0.3 is 5.73 Å². The van der Waals surface area contributed by atoms with Crippen molar-refractivity contribution < 1.29 is 0 Å². The van der Waals surface area contributed by atoms with Gasteiger partial charge in [0.1, 0.15) is 0 Å². The maximum Gasteiger partial charge on any atom is 0.0471 e. The Kier molecular flexibility index (Phi) is 4.31. The standard InChI is InChI=1S/C13H18Cl2N2/c1-9-2-3-17(8-9)13(7-16)10-4-11(14)6-12(15)5-10/h4-6,9,13H,2-3,7-8,16H2,1H3. The molecule has 2 rings (SSSR count). The number of hydrogen-bond donors (Lipinski definition) is 1. The van der Waals surface area contributed by atoms with Gasteiger partial charge in [0.05, 0.1) is 0 Å². The maximum atomic E-state index is 6.04. The minimum absolute atomic E-state index is 0.233. The predicted molar refractivity (Wildman–Crippen MR) is 73.6 cm³/mol. The van der Waals surface area contributed by atoms with Crippen molar-refractivity contribution in [1.82, 2.24) is 4.90 Å². The van der Waals surface area contributed by atoms with Crippen molar-refractivity contribution in [1.29, 1.82) is 0 Å². The molecule has 0 spiro atoms. The molecule has 1 aromatic rings. The molecule has 1 aliphatic heterocycles. The summed E-state index contributed by atoms with van der Waals surface area (Å²) in [5, 5.41) is 1.36. The number of nitrogens with two attached hydrogens (primary N) is 1. The Labute approximate surface area is 113 Å². The molecule has 1 aliphatic rings. The fraction of sp³-hybridized carbons (Fsp3) is 0.538. The molecular formula is C13H18Cl2N2. The van der Waals surface area contributed by atoms with Crippen LogP contribution in [0.3, 0.4) is 0 Å². The molecule has 0 amide bonds. The third-order valence-corrected chi connectivity index (χ3v) is 3.83. The molecule has 1 saturated heterocycles. The van der Waals surface area contributed by atoms with Crippen LogP contribution >= 0.6 is 23.2 Å². The zero-order valence-corrected chi connectivity index (χ0v) is 11.5. The second-order valence-corrected chi connectivity index (χ2v) is 5.72. The Morgan fingerprint density at radius 1 is 1.35 bits per heavy atom.